The van der Waals surface area contributed by atoms with Gasteiger partial charge in [-0.05, 0) is 26.8 Å². The number of carbonyl (C=O) groups excluding carboxylic acids is 2. The third kappa shape index (κ3) is 3.84. The van der Waals surface area contributed by atoms with Crippen LogP contribution in [0.3, 0.4) is 0 Å². The van der Waals surface area contributed by atoms with Gasteiger partial charge in [0.05, 0.1) is 11.8 Å². The van der Waals surface area contributed by atoms with Crippen LogP contribution in [0.1, 0.15) is 31.1 Å². The molecule has 1 aromatic rings. The minimum absolute atomic E-state index is 0.289. The number of hydrogen-bond donors (Lipinski definition) is 3. The van der Waals surface area contributed by atoms with E-state index in [1.165, 1.54) is 39.4 Å². The molecule has 104 valence electrons. The van der Waals surface area contributed by atoms with Gasteiger partial charge in [0, 0.05) is 0 Å². The van der Waals surface area contributed by atoms with Crippen molar-refractivity contribution >= 4 is 17.8 Å². The summed E-state index contributed by atoms with van der Waals surface area (Å²) in [6, 6.07) is 0.599. The average Bonchev–Trinajstić information content (AvgIpc) is 2.81. The summed E-state index contributed by atoms with van der Waals surface area (Å²) in [5.74, 6) is -2.21. The molecule has 0 spiro atoms. The van der Waals surface area contributed by atoms with E-state index in [-0.39, 0.29) is 5.56 Å². The van der Waals surface area contributed by atoms with Crippen LogP contribution in [0, 0.1) is 0 Å². The lowest BCUT2D eigenvalue weighted by molar-refractivity contribution is -0.146. The lowest BCUT2D eigenvalue weighted by Crippen LogP contribution is -2.55. The predicted molar refractivity (Wildman–Crippen MR) is 65.5 cm³/mol. The van der Waals surface area contributed by atoms with Crippen molar-refractivity contribution in [2.24, 2.45) is 0 Å². The topological polar surface area (TPSA) is 109 Å². The average molecular weight is 268 g/mol. The van der Waals surface area contributed by atoms with Gasteiger partial charge in [-0.15, -0.1) is 0 Å². The number of aliphatic carboxylic acids is 1. The Morgan fingerprint density at radius 1 is 1.37 bits per heavy atom. The fourth-order valence-corrected chi connectivity index (χ4v) is 1.21. The Morgan fingerprint density at radius 2 is 2.00 bits per heavy atom. The first-order valence-electron chi connectivity index (χ1n) is 5.62. The summed E-state index contributed by atoms with van der Waals surface area (Å²) in [6.07, 6.45) is 2.59. The Labute approximate surface area is 110 Å². The van der Waals surface area contributed by atoms with Crippen molar-refractivity contribution in [1.29, 1.82) is 0 Å². The minimum Gasteiger partial charge on any atom is -0.480 e. The van der Waals surface area contributed by atoms with Crippen molar-refractivity contribution in [3.63, 3.8) is 0 Å². The smallest absolute Gasteiger partial charge is 0.328 e. The fourth-order valence-electron chi connectivity index (χ4n) is 1.21. The van der Waals surface area contributed by atoms with Gasteiger partial charge in [-0.2, -0.15) is 0 Å². The zero-order chi connectivity index (χ0) is 14.6. The zero-order valence-corrected chi connectivity index (χ0v) is 10.9. The first kappa shape index (κ1) is 14.7. The van der Waals surface area contributed by atoms with Crippen molar-refractivity contribution < 1.29 is 23.9 Å². The molecule has 0 aromatic carbocycles. The molecule has 1 heterocycles. The van der Waals surface area contributed by atoms with Gasteiger partial charge in [0.15, 0.2) is 0 Å². The van der Waals surface area contributed by atoms with Gasteiger partial charge in [-0.25, -0.2) is 4.79 Å². The Morgan fingerprint density at radius 3 is 2.47 bits per heavy atom. The van der Waals surface area contributed by atoms with Gasteiger partial charge in [0.25, 0.3) is 5.91 Å². The zero-order valence-electron chi connectivity index (χ0n) is 10.9. The first-order valence-corrected chi connectivity index (χ1v) is 5.62. The molecule has 0 aliphatic rings. The highest BCUT2D eigenvalue weighted by molar-refractivity contribution is 5.97. The minimum atomic E-state index is -1.40. The van der Waals surface area contributed by atoms with Crippen LogP contribution < -0.4 is 10.6 Å². The molecule has 0 fully saturated rings. The van der Waals surface area contributed by atoms with Gasteiger partial charge in [-0.3, -0.25) is 9.59 Å². The molecule has 19 heavy (non-hydrogen) atoms. The lowest BCUT2D eigenvalue weighted by atomic mass is 10.1. The van der Waals surface area contributed by atoms with E-state index in [2.05, 4.69) is 10.6 Å². The molecule has 0 aliphatic carbocycles. The third-order valence-electron chi connectivity index (χ3n) is 2.49. The summed E-state index contributed by atoms with van der Waals surface area (Å²) < 4.78 is 4.75. The van der Waals surface area contributed by atoms with Crippen LogP contribution in [0.2, 0.25) is 0 Å². The van der Waals surface area contributed by atoms with Gasteiger partial charge in [0.1, 0.15) is 17.8 Å². The van der Waals surface area contributed by atoms with Crippen LogP contribution in [-0.2, 0) is 9.59 Å². The number of carboxylic acid groups (broad SMARTS) is 1. The van der Waals surface area contributed by atoms with Crippen LogP contribution in [-0.4, -0.2) is 34.5 Å². The van der Waals surface area contributed by atoms with E-state index in [1.807, 2.05) is 0 Å². The van der Waals surface area contributed by atoms with Gasteiger partial charge >= 0.3 is 5.97 Å². The van der Waals surface area contributed by atoms with E-state index in [0.717, 1.165) is 0 Å². The number of carbonyl (C=O) groups is 3. The monoisotopic (exact) mass is 268 g/mol. The third-order valence-corrected chi connectivity index (χ3v) is 2.49. The summed E-state index contributed by atoms with van der Waals surface area (Å²) in [6.45, 7) is 4.18. The molecule has 1 rings (SSSR count). The largest absolute Gasteiger partial charge is 0.480 e. The number of furan rings is 1. The quantitative estimate of drug-likeness (QED) is 0.715. The molecule has 1 aromatic heterocycles. The van der Waals surface area contributed by atoms with Crippen molar-refractivity contribution in [2.75, 3.05) is 0 Å². The molecule has 0 saturated heterocycles. The van der Waals surface area contributed by atoms with Gasteiger partial charge in [-0.1, -0.05) is 0 Å². The molecule has 1 atom stereocenters. The van der Waals surface area contributed by atoms with E-state index < -0.39 is 29.4 Å². The number of nitrogens with one attached hydrogen (secondary N) is 2. The lowest BCUT2D eigenvalue weighted by Gasteiger charge is -2.23. The second kappa shape index (κ2) is 5.55. The predicted octanol–water partition coefficient (Wildman–Crippen LogP) is 0.377. The van der Waals surface area contributed by atoms with Crippen molar-refractivity contribution in [1.82, 2.24) is 10.6 Å². The molecule has 0 aliphatic heterocycles. The maximum Gasteiger partial charge on any atom is 0.328 e. The number of hydrogen-bond acceptors (Lipinski definition) is 4. The Kier molecular flexibility index (Phi) is 4.31. The highest BCUT2D eigenvalue weighted by atomic mass is 16.4. The summed E-state index contributed by atoms with van der Waals surface area (Å²) in [4.78, 5) is 34.3. The standard InChI is InChI=1S/C12H16N2O5/c1-7(9(15)14-12(2,3)11(17)18)13-10(16)8-4-5-19-6-8/h4-7H,1-3H3,(H,13,16)(H,14,15)(H,17,18). The molecule has 0 radical (unpaired) electrons. The van der Waals surface area contributed by atoms with Crippen molar-refractivity contribution in [3.05, 3.63) is 24.2 Å². The van der Waals surface area contributed by atoms with Gasteiger partial charge < -0.3 is 20.2 Å². The maximum atomic E-state index is 11.8. The molecular weight excluding hydrogens is 252 g/mol. The number of amides is 2. The van der Waals surface area contributed by atoms with Crippen molar-refractivity contribution in [2.45, 2.75) is 32.4 Å². The molecule has 3 N–H and O–H groups in total. The maximum absolute atomic E-state index is 11.8. The summed E-state index contributed by atoms with van der Waals surface area (Å²) >= 11 is 0. The van der Waals surface area contributed by atoms with E-state index in [1.54, 1.807) is 0 Å². The molecule has 7 nitrogen and oxygen atoms in total. The highest BCUT2D eigenvalue weighted by Crippen LogP contribution is 2.03. The molecule has 0 saturated carbocycles. The first-order chi connectivity index (χ1) is 8.74. The van der Waals surface area contributed by atoms with Crippen LogP contribution >= 0.6 is 0 Å². The Bertz CT molecular complexity index is 478. The SMILES string of the molecule is CC(NC(=O)c1ccoc1)C(=O)NC(C)(C)C(=O)O. The number of carboxylic acids is 1. The Balaban J connectivity index is 2.59. The van der Waals surface area contributed by atoms with E-state index >= 15 is 0 Å². The molecule has 0 bridgehead atoms. The van der Waals surface area contributed by atoms with Crippen LogP contribution in [0.5, 0.6) is 0 Å². The van der Waals surface area contributed by atoms with Crippen molar-refractivity contribution in [3.8, 4) is 0 Å². The van der Waals surface area contributed by atoms with Crippen LogP contribution in [0.25, 0.3) is 0 Å². The summed E-state index contributed by atoms with van der Waals surface area (Å²) in [5.41, 5.74) is -1.11. The second-order valence-electron chi connectivity index (χ2n) is 4.63. The van der Waals surface area contributed by atoms with E-state index in [4.69, 9.17) is 9.52 Å². The molecule has 7 heteroatoms. The molecule has 2 amide bonds. The second-order valence-corrected chi connectivity index (χ2v) is 4.63. The molecule has 1 unspecified atom stereocenters. The summed E-state index contributed by atoms with van der Waals surface area (Å²) in [7, 11) is 0. The van der Waals surface area contributed by atoms with Crippen LogP contribution in [0.15, 0.2) is 23.0 Å². The van der Waals surface area contributed by atoms with E-state index in [0.29, 0.717) is 0 Å². The number of rotatable bonds is 5. The molecular formula is C12H16N2O5. The fraction of sp³-hybridized carbons (Fsp3) is 0.417. The van der Waals surface area contributed by atoms with E-state index in [9.17, 15) is 14.4 Å². The Hall–Kier alpha value is -2.31. The van der Waals surface area contributed by atoms with Gasteiger partial charge in [0.2, 0.25) is 5.91 Å². The normalized spacial score (nSPS) is 12.6. The van der Waals surface area contributed by atoms with Crippen LogP contribution in [0.4, 0.5) is 0 Å². The highest BCUT2D eigenvalue weighted by Gasteiger charge is 2.31. The summed E-state index contributed by atoms with van der Waals surface area (Å²) in [5, 5.41) is 13.7.